The number of nitrogens with zero attached hydrogens (tertiary/aromatic N) is 4. The number of hydrogen-bond acceptors (Lipinski definition) is 6. The molecule has 110 valence electrons. The van der Waals surface area contributed by atoms with Crippen molar-refractivity contribution in [3.8, 4) is 0 Å². The first-order valence-electron chi connectivity index (χ1n) is 7.20. The Morgan fingerprint density at radius 3 is 3.10 bits per heavy atom. The molecule has 4 rings (SSSR count). The summed E-state index contributed by atoms with van der Waals surface area (Å²) in [5.74, 6) is 1.53. The average Bonchev–Trinajstić information content (AvgIpc) is 3.00. The van der Waals surface area contributed by atoms with Crippen LogP contribution in [0.15, 0.2) is 6.07 Å². The molecule has 0 radical (unpaired) electrons. The van der Waals surface area contributed by atoms with E-state index in [1.54, 1.807) is 11.3 Å². The van der Waals surface area contributed by atoms with Crippen molar-refractivity contribution in [2.24, 2.45) is 0 Å². The molecule has 2 saturated heterocycles. The van der Waals surface area contributed by atoms with Gasteiger partial charge in [0.05, 0.1) is 5.39 Å². The Morgan fingerprint density at radius 2 is 2.24 bits per heavy atom. The molecule has 7 heteroatoms. The van der Waals surface area contributed by atoms with Gasteiger partial charge in [0.15, 0.2) is 0 Å². The van der Waals surface area contributed by atoms with Crippen molar-refractivity contribution in [3.05, 3.63) is 10.9 Å². The molecule has 0 aliphatic carbocycles. The van der Waals surface area contributed by atoms with E-state index in [9.17, 15) is 4.79 Å². The number of anilines is 2. The highest BCUT2D eigenvalue weighted by Crippen LogP contribution is 2.33. The van der Waals surface area contributed by atoms with Crippen LogP contribution in [0.4, 0.5) is 11.8 Å². The van der Waals surface area contributed by atoms with Gasteiger partial charge in [-0.2, -0.15) is 4.98 Å². The van der Waals surface area contributed by atoms with Crippen molar-refractivity contribution >= 4 is 39.2 Å². The Labute approximate surface area is 126 Å². The second kappa shape index (κ2) is 4.56. The van der Waals surface area contributed by atoms with Crippen LogP contribution in [0.1, 0.15) is 17.7 Å². The summed E-state index contributed by atoms with van der Waals surface area (Å²) in [5.41, 5.74) is 5.86. The van der Waals surface area contributed by atoms with Crippen molar-refractivity contribution in [3.63, 3.8) is 0 Å². The number of aromatic nitrogens is 2. The van der Waals surface area contributed by atoms with Gasteiger partial charge in [-0.25, -0.2) is 4.98 Å². The summed E-state index contributed by atoms with van der Waals surface area (Å²) in [5, 5.41) is 1.07. The lowest BCUT2D eigenvalue weighted by molar-refractivity contribution is -0.129. The molecule has 0 saturated carbocycles. The van der Waals surface area contributed by atoms with Gasteiger partial charge in [0.25, 0.3) is 0 Å². The number of fused-ring (bicyclic) bond motifs is 2. The third kappa shape index (κ3) is 2.03. The molecule has 1 amide bonds. The number of hydrogen-bond donors (Lipinski definition) is 1. The van der Waals surface area contributed by atoms with Crippen LogP contribution < -0.4 is 10.6 Å². The van der Waals surface area contributed by atoms with Crippen molar-refractivity contribution in [1.29, 1.82) is 0 Å². The predicted molar refractivity (Wildman–Crippen MR) is 83.5 cm³/mol. The van der Waals surface area contributed by atoms with Gasteiger partial charge in [-0.05, 0) is 19.4 Å². The summed E-state index contributed by atoms with van der Waals surface area (Å²) in [7, 11) is 0. The summed E-state index contributed by atoms with van der Waals surface area (Å²) in [4.78, 5) is 27.0. The normalized spacial score (nSPS) is 22.1. The van der Waals surface area contributed by atoms with Crippen molar-refractivity contribution < 1.29 is 4.79 Å². The van der Waals surface area contributed by atoms with Crippen molar-refractivity contribution in [2.45, 2.75) is 25.8 Å². The molecule has 2 aromatic rings. The first kappa shape index (κ1) is 12.8. The van der Waals surface area contributed by atoms with E-state index in [4.69, 9.17) is 5.73 Å². The van der Waals surface area contributed by atoms with Crippen LogP contribution >= 0.6 is 11.3 Å². The average molecular weight is 303 g/mol. The van der Waals surface area contributed by atoms with Gasteiger partial charge in [0.1, 0.15) is 10.6 Å². The quantitative estimate of drug-likeness (QED) is 0.861. The van der Waals surface area contributed by atoms with Gasteiger partial charge in [0.2, 0.25) is 11.9 Å². The molecule has 0 bridgehead atoms. The number of amides is 1. The largest absolute Gasteiger partial charge is 0.368 e. The SMILES string of the molecule is Cc1cc2c(N3CCN4C(=O)CCC4C3)nc(N)nc2s1. The number of nitrogen functional groups attached to an aromatic ring is 1. The van der Waals surface area contributed by atoms with Gasteiger partial charge in [0, 0.05) is 37.0 Å². The first-order valence-corrected chi connectivity index (χ1v) is 8.01. The van der Waals surface area contributed by atoms with E-state index >= 15 is 0 Å². The maximum absolute atomic E-state index is 11.8. The summed E-state index contributed by atoms with van der Waals surface area (Å²) in [6.45, 7) is 4.49. The maximum atomic E-state index is 11.8. The molecular formula is C14H17N5OS. The molecule has 21 heavy (non-hydrogen) atoms. The molecule has 0 spiro atoms. The minimum absolute atomic E-state index is 0.290. The zero-order valence-corrected chi connectivity index (χ0v) is 12.7. The molecule has 1 unspecified atom stereocenters. The maximum Gasteiger partial charge on any atom is 0.223 e. The Hall–Kier alpha value is -1.89. The Bertz CT molecular complexity index is 727. The van der Waals surface area contributed by atoms with Crippen LogP contribution in [-0.4, -0.2) is 46.5 Å². The standard InChI is InChI=1S/C14H17N5OS/c1-8-6-10-12(16-14(15)17-13(10)21-8)18-4-5-19-9(7-18)2-3-11(19)20/h6,9H,2-5,7H2,1H3,(H2,15,16,17). The third-order valence-corrected chi connectivity index (χ3v) is 5.25. The zero-order valence-electron chi connectivity index (χ0n) is 11.9. The predicted octanol–water partition coefficient (Wildman–Crippen LogP) is 1.39. The monoisotopic (exact) mass is 303 g/mol. The molecule has 4 heterocycles. The van der Waals surface area contributed by atoms with Gasteiger partial charge in [-0.3, -0.25) is 4.79 Å². The molecular weight excluding hydrogens is 286 g/mol. The number of rotatable bonds is 1. The van der Waals surface area contributed by atoms with Gasteiger partial charge in [-0.15, -0.1) is 11.3 Å². The second-order valence-corrected chi connectivity index (χ2v) is 6.94. The summed E-state index contributed by atoms with van der Waals surface area (Å²) >= 11 is 1.64. The van der Waals surface area contributed by atoms with Crippen LogP contribution in [0.5, 0.6) is 0 Å². The summed E-state index contributed by atoms with van der Waals surface area (Å²) in [6, 6.07) is 2.44. The van der Waals surface area contributed by atoms with E-state index in [0.717, 1.165) is 42.1 Å². The highest BCUT2D eigenvalue weighted by atomic mass is 32.1. The van der Waals surface area contributed by atoms with E-state index in [1.807, 2.05) is 4.90 Å². The Morgan fingerprint density at radius 1 is 1.38 bits per heavy atom. The summed E-state index contributed by atoms with van der Waals surface area (Å²) < 4.78 is 0. The van der Waals surface area contributed by atoms with E-state index in [0.29, 0.717) is 24.3 Å². The number of carbonyl (C=O) groups is 1. The van der Waals surface area contributed by atoms with Crippen LogP contribution in [-0.2, 0) is 4.79 Å². The fraction of sp³-hybridized carbons (Fsp3) is 0.500. The van der Waals surface area contributed by atoms with E-state index in [2.05, 4.69) is 27.9 Å². The minimum atomic E-state index is 0.290. The van der Waals surface area contributed by atoms with Crippen LogP contribution in [0.25, 0.3) is 10.2 Å². The highest BCUT2D eigenvalue weighted by Gasteiger charge is 2.36. The van der Waals surface area contributed by atoms with Crippen molar-refractivity contribution in [1.82, 2.24) is 14.9 Å². The van der Waals surface area contributed by atoms with Crippen LogP contribution in [0, 0.1) is 6.92 Å². The number of thiophene rings is 1. The number of aryl methyl sites for hydroxylation is 1. The molecule has 2 aliphatic heterocycles. The second-order valence-electron chi connectivity index (χ2n) is 5.71. The Kier molecular flexibility index (Phi) is 2.78. The molecule has 2 aliphatic rings. The highest BCUT2D eigenvalue weighted by molar-refractivity contribution is 7.18. The van der Waals surface area contributed by atoms with Gasteiger partial charge in [-0.1, -0.05) is 0 Å². The van der Waals surface area contributed by atoms with E-state index in [1.165, 1.54) is 4.88 Å². The lowest BCUT2D eigenvalue weighted by Gasteiger charge is -2.38. The minimum Gasteiger partial charge on any atom is -0.368 e. The van der Waals surface area contributed by atoms with Crippen LogP contribution in [0.2, 0.25) is 0 Å². The lowest BCUT2D eigenvalue weighted by atomic mass is 10.1. The lowest BCUT2D eigenvalue weighted by Crippen LogP contribution is -2.51. The molecule has 2 aromatic heterocycles. The van der Waals surface area contributed by atoms with Gasteiger partial charge < -0.3 is 15.5 Å². The first-order chi connectivity index (χ1) is 10.1. The van der Waals surface area contributed by atoms with E-state index < -0.39 is 0 Å². The van der Waals surface area contributed by atoms with E-state index in [-0.39, 0.29) is 0 Å². The number of nitrogens with two attached hydrogens (primary N) is 1. The van der Waals surface area contributed by atoms with Gasteiger partial charge >= 0.3 is 0 Å². The summed E-state index contributed by atoms with van der Waals surface area (Å²) in [6.07, 6.45) is 1.62. The number of carbonyl (C=O) groups excluding carboxylic acids is 1. The molecule has 1 atom stereocenters. The molecule has 2 fully saturated rings. The number of piperazine rings is 1. The molecule has 0 aromatic carbocycles. The fourth-order valence-electron chi connectivity index (χ4n) is 3.34. The Balaban J connectivity index is 1.72. The zero-order chi connectivity index (χ0) is 14.6. The fourth-order valence-corrected chi connectivity index (χ4v) is 4.22. The molecule has 2 N–H and O–H groups in total. The molecule has 6 nitrogen and oxygen atoms in total. The topological polar surface area (TPSA) is 75.3 Å². The van der Waals surface area contributed by atoms with Crippen molar-refractivity contribution in [2.75, 3.05) is 30.3 Å². The third-order valence-electron chi connectivity index (χ3n) is 4.31. The van der Waals surface area contributed by atoms with Crippen LogP contribution in [0.3, 0.4) is 0 Å². The smallest absolute Gasteiger partial charge is 0.223 e.